The number of aryl methyl sites for hydroxylation is 1. The van der Waals surface area contributed by atoms with Crippen LogP contribution in [0, 0.1) is 6.92 Å². The van der Waals surface area contributed by atoms with Crippen molar-refractivity contribution in [2.45, 2.75) is 38.1 Å². The van der Waals surface area contributed by atoms with Gasteiger partial charge in [0.05, 0.1) is 29.3 Å². The normalized spacial score (nSPS) is 14.4. The summed E-state index contributed by atoms with van der Waals surface area (Å²) >= 11 is 1.13. The van der Waals surface area contributed by atoms with Gasteiger partial charge in [-0.25, -0.2) is 28.3 Å². The second-order valence-electron chi connectivity index (χ2n) is 9.60. The second-order valence-corrected chi connectivity index (χ2v) is 12.2. The Bertz CT molecular complexity index is 1490. The number of nitrogens with two attached hydrogens (primary N) is 1. The smallest absolute Gasteiger partial charge is 0.350 e. The van der Waals surface area contributed by atoms with Crippen LogP contribution >= 0.6 is 11.3 Å². The lowest BCUT2D eigenvalue weighted by atomic mass is 10.2. The van der Waals surface area contributed by atoms with Crippen LogP contribution < -0.4 is 15.8 Å². The number of hydrogen-bond donors (Lipinski definition) is 3. The van der Waals surface area contributed by atoms with E-state index in [0.717, 1.165) is 36.4 Å². The average molecular weight is 603 g/mol. The predicted molar refractivity (Wildman–Crippen MR) is 156 cm³/mol. The van der Waals surface area contributed by atoms with E-state index in [1.54, 1.807) is 32.0 Å². The van der Waals surface area contributed by atoms with Gasteiger partial charge in [-0.3, -0.25) is 10.1 Å². The van der Waals surface area contributed by atoms with Gasteiger partial charge in [0.1, 0.15) is 10.7 Å². The molecule has 1 fully saturated rings. The van der Waals surface area contributed by atoms with Crippen LogP contribution in [0.5, 0.6) is 0 Å². The molecular weight excluding hydrogens is 568 g/mol. The van der Waals surface area contributed by atoms with Gasteiger partial charge in [-0.15, -0.1) is 0 Å². The Labute approximate surface area is 243 Å². The highest BCUT2D eigenvalue weighted by Crippen LogP contribution is 2.26. The summed E-state index contributed by atoms with van der Waals surface area (Å²) in [5.41, 5.74) is 1.83. The molecule has 13 nitrogen and oxygen atoms in total. The van der Waals surface area contributed by atoms with Gasteiger partial charge in [-0.05, 0) is 51.6 Å². The standard InChI is InChI=1S/C26H34N8O5S2/c1-4-39-24(36)23-17(2)29-26(40-23)32-25-30-19(15-22(35)34-11-5-10-33(3)12-13-34)14-21(31-25)28-16-18-6-8-20(9-7-18)41(27,37)38/h6-9,14H,4-5,10-13,15-16H2,1-3H3,(H2,27,37,38)(H2,28,29,30,31,32). The van der Waals surface area contributed by atoms with Crippen molar-refractivity contribution in [2.24, 2.45) is 5.14 Å². The Hall–Kier alpha value is -3.66. The second kappa shape index (κ2) is 13.3. The number of anilines is 3. The molecule has 1 aromatic carbocycles. The van der Waals surface area contributed by atoms with Crippen molar-refractivity contribution in [3.05, 3.63) is 52.2 Å². The van der Waals surface area contributed by atoms with Crippen molar-refractivity contribution in [3.63, 3.8) is 0 Å². The lowest BCUT2D eigenvalue weighted by Gasteiger charge is -2.20. The molecule has 0 radical (unpaired) electrons. The molecule has 4 rings (SSSR count). The van der Waals surface area contributed by atoms with Crippen LogP contribution in [0.15, 0.2) is 35.2 Å². The van der Waals surface area contributed by atoms with Crippen LogP contribution in [0.4, 0.5) is 16.9 Å². The molecule has 0 aliphatic carbocycles. The lowest BCUT2D eigenvalue weighted by Crippen LogP contribution is -2.35. The van der Waals surface area contributed by atoms with Crippen LogP contribution in [0.3, 0.4) is 0 Å². The average Bonchev–Trinajstić information content (AvgIpc) is 3.13. The zero-order valence-electron chi connectivity index (χ0n) is 23.2. The first kappa shape index (κ1) is 30.3. The van der Waals surface area contributed by atoms with E-state index < -0.39 is 16.0 Å². The molecule has 3 aromatic rings. The number of nitrogens with one attached hydrogen (secondary N) is 2. The predicted octanol–water partition coefficient (Wildman–Crippen LogP) is 2.13. The Morgan fingerprint density at radius 3 is 2.56 bits per heavy atom. The first-order chi connectivity index (χ1) is 19.5. The zero-order valence-corrected chi connectivity index (χ0v) is 24.8. The minimum Gasteiger partial charge on any atom is -0.462 e. The molecule has 0 unspecified atom stereocenters. The van der Waals surface area contributed by atoms with Gasteiger partial charge >= 0.3 is 5.97 Å². The molecule has 4 N–H and O–H groups in total. The minimum atomic E-state index is -3.79. The molecular formula is C26H34N8O5S2. The number of amides is 1. The molecule has 1 aliphatic rings. The maximum absolute atomic E-state index is 13.2. The van der Waals surface area contributed by atoms with E-state index in [1.165, 1.54) is 12.1 Å². The summed E-state index contributed by atoms with van der Waals surface area (Å²) in [4.78, 5) is 43.4. The highest BCUT2D eigenvalue weighted by Gasteiger charge is 2.20. The van der Waals surface area contributed by atoms with Crippen LogP contribution in [-0.4, -0.2) is 84.9 Å². The number of carbonyl (C=O) groups excluding carboxylic acids is 2. The van der Waals surface area contributed by atoms with Gasteiger partial charge in [-0.1, -0.05) is 23.5 Å². The van der Waals surface area contributed by atoms with Gasteiger partial charge in [0.25, 0.3) is 0 Å². The van der Waals surface area contributed by atoms with E-state index in [2.05, 4.69) is 30.5 Å². The van der Waals surface area contributed by atoms with Crippen LogP contribution in [-0.2, 0) is 32.5 Å². The fraction of sp³-hybridized carbons (Fsp3) is 0.423. The van der Waals surface area contributed by atoms with Crippen LogP contribution in [0.2, 0.25) is 0 Å². The third kappa shape index (κ3) is 8.42. The summed E-state index contributed by atoms with van der Waals surface area (Å²) in [7, 11) is -1.74. The fourth-order valence-electron chi connectivity index (χ4n) is 4.22. The maximum Gasteiger partial charge on any atom is 0.350 e. The SMILES string of the molecule is CCOC(=O)c1sc(Nc2nc(CC(=O)N3CCCN(C)CC3)cc(NCc3ccc(S(N)(=O)=O)cc3)n2)nc1C. The van der Waals surface area contributed by atoms with Gasteiger partial charge in [0.2, 0.25) is 21.9 Å². The fourth-order valence-corrected chi connectivity index (χ4v) is 5.59. The molecule has 0 bridgehead atoms. The van der Waals surface area contributed by atoms with Gasteiger partial charge < -0.3 is 19.9 Å². The van der Waals surface area contributed by atoms with Crippen molar-refractivity contribution < 1.29 is 22.7 Å². The first-order valence-electron chi connectivity index (χ1n) is 13.1. The maximum atomic E-state index is 13.2. The number of sulfonamides is 1. The lowest BCUT2D eigenvalue weighted by molar-refractivity contribution is -0.130. The molecule has 2 aromatic heterocycles. The Morgan fingerprint density at radius 1 is 1.10 bits per heavy atom. The molecule has 1 amide bonds. The monoisotopic (exact) mass is 602 g/mol. The van der Waals surface area contributed by atoms with E-state index in [4.69, 9.17) is 9.88 Å². The number of benzene rings is 1. The molecule has 220 valence electrons. The number of esters is 1. The van der Waals surface area contributed by atoms with Crippen molar-refractivity contribution in [1.29, 1.82) is 0 Å². The summed E-state index contributed by atoms with van der Waals surface area (Å²) < 4.78 is 28.2. The summed E-state index contributed by atoms with van der Waals surface area (Å²) in [6.07, 6.45) is 0.992. The summed E-state index contributed by atoms with van der Waals surface area (Å²) in [6.45, 7) is 7.14. The Morgan fingerprint density at radius 2 is 1.85 bits per heavy atom. The number of hydrogen-bond acceptors (Lipinski definition) is 12. The van der Waals surface area contributed by atoms with Gasteiger partial charge in [-0.2, -0.15) is 4.98 Å². The number of nitrogens with zero attached hydrogens (tertiary/aromatic N) is 5. The highest BCUT2D eigenvalue weighted by molar-refractivity contribution is 7.89. The molecule has 0 atom stereocenters. The molecule has 15 heteroatoms. The molecule has 1 saturated heterocycles. The number of aromatic nitrogens is 3. The van der Waals surface area contributed by atoms with E-state index in [1.807, 2.05) is 11.9 Å². The van der Waals surface area contributed by atoms with Crippen LogP contribution in [0.1, 0.15) is 40.0 Å². The third-order valence-corrected chi connectivity index (χ3v) is 8.37. The number of ether oxygens (including phenoxy) is 1. The van der Waals surface area contributed by atoms with E-state index >= 15 is 0 Å². The summed E-state index contributed by atoms with van der Waals surface area (Å²) in [5.74, 6) is 0.191. The van der Waals surface area contributed by atoms with Crippen molar-refractivity contribution >= 4 is 50.1 Å². The first-order valence-corrected chi connectivity index (χ1v) is 15.5. The summed E-state index contributed by atoms with van der Waals surface area (Å²) in [5, 5.41) is 11.9. The third-order valence-electron chi connectivity index (χ3n) is 6.39. The van der Waals surface area contributed by atoms with Crippen molar-refractivity contribution in [3.8, 4) is 0 Å². The minimum absolute atomic E-state index is 0.0239. The van der Waals surface area contributed by atoms with E-state index in [9.17, 15) is 18.0 Å². The molecule has 0 spiro atoms. The zero-order chi connectivity index (χ0) is 29.6. The van der Waals surface area contributed by atoms with E-state index in [0.29, 0.717) is 46.8 Å². The van der Waals surface area contributed by atoms with Crippen molar-refractivity contribution in [1.82, 2.24) is 24.8 Å². The number of rotatable bonds is 10. The number of thiazole rings is 1. The number of primary sulfonamides is 1. The quantitative estimate of drug-likeness (QED) is 0.290. The topological polar surface area (TPSA) is 173 Å². The largest absolute Gasteiger partial charge is 0.462 e. The highest BCUT2D eigenvalue weighted by atomic mass is 32.2. The number of carbonyl (C=O) groups is 2. The van der Waals surface area contributed by atoms with E-state index in [-0.39, 0.29) is 29.8 Å². The Balaban J connectivity index is 1.55. The molecule has 3 heterocycles. The molecule has 1 aliphatic heterocycles. The van der Waals surface area contributed by atoms with Crippen molar-refractivity contribution in [2.75, 3.05) is 50.5 Å². The molecule has 0 saturated carbocycles. The number of likely N-dealkylation sites (N-methyl/N-ethyl adjacent to an activating group) is 1. The Kier molecular flexibility index (Phi) is 9.86. The van der Waals surface area contributed by atoms with Gasteiger partial charge in [0.15, 0.2) is 5.13 Å². The summed E-state index contributed by atoms with van der Waals surface area (Å²) in [6, 6.07) is 7.90. The molecule has 41 heavy (non-hydrogen) atoms. The van der Waals surface area contributed by atoms with Crippen LogP contribution in [0.25, 0.3) is 0 Å². The van der Waals surface area contributed by atoms with Gasteiger partial charge in [0, 0.05) is 32.2 Å².